The highest BCUT2D eigenvalue weighted by atomic mass is 15.0. The summed E-state index contributed by atoms with van der Waals surface area (Å²) in [6.45, 7) is 0. The lowest BCUT2D eigenvalue weighted by molar-refractivity contribution is -0.700. The van der Waals surface area contributed by atoms with Crippen molar-refractivity contribution in [3.8, 4) is 0 Å². The van der Waals surface area contributed by atoms with Gasteiger partial charge in [-0.2, -0.15) is 0 Å². The van der Waals surface area contributed by atoms with Crippen LogP contribution < -0.4 is 4.57 Å². The summed E-state index contributed by atoms with van der Waals surface area (Å²) in [5.41, 5.74) is 0. The molecule has 1 aromatic heterocycles. The van der Waals surface area contributed by atoms with Crippen LogP contribution in [0.4, 0.5) is 0 Å². The molecule has 0 atom stereocenters. The van der Waals surface area contributed by atoms with E-state index in [1.54, 1.807) is 0 Å². The van der Waals surface area contributed by atoms with Crippen molar-refractivity contribution in [3.63, 3.8) is 0 Å². The molecule has 0 N–H and O–H groups in total. The van der Waals surface area contributed by atoms with Crippen LogP contribution in [0.5, 0.6) is 0 Å². The van der Waals surface area contributed by atoms with Crippen LogP contribution in [0.2, 0.25) is 0 Å². The van der Waals surface area contributed by atoms with Crippen LogP contribution >= 0.6 is 0 Å². The number of nitrogens with zero attached hydrogens (tertiary/aromatic N) is 1. The fourth-order valence-corrected chi connectivity index (χ4v) is 1.03. The number of aromatic nitrogens is 1. The Morgan fingerprint density at radius 3 is 2.22 bits per heavy atom. The maximum Gasteiger partial charge on any atom is 0.169 e. The molecule has 1 aliphatic carbocycles. The van der Waals surface area contributed by atoms with Gasteiger partial charge in [-0.05, 0) is 0 Å². The lowest BCUT2D eigenvalue weighted by Gasteiger charge is -1.87. The van der Waals surface area contributed by atoms with Crippen molar-refractivity contribution < 1.29 is 4.57 Å². The van der Waals surface area contributed by atoms with E-state index >= 15 is 0 Å². The molecule has 1 nitrogen and oxygen atoms in total. The molecule has 1 aromatic rings. The Labute approximate surface area is 55.0 Å². The minimum absolute atomic E-state index is 0.825. The molecule has 1 heterocycles. The van der Waals surface area contributed by atoms with Gasteiger partial charge in [0.25, 0.3) is 0 Å². The Morgan fingerprint density at radius 2 is 1.67 bits per heavy atom. The number of hydrogen-bond donors (Lipinski definition) is 0. The Balaban J connectivity index is 2.29. The van der Waals surface area contributed by atoms with Gasteiger partial charge in [-0.3, -0.25) is 0 Å². The van der Waals surface area contributed by atoms with E-state index in [0.29, 0.717) is 0 Å². The van der Waals surface area contributed by atoms with Gasteiger partial charge >= 0.3 is 0 Å². The molecule has 2 rings (SSSR count). The molecule has 1 heteroatoms. The Hall–Kier alpha value is -0.850. The molecule has 1 aliphatic rings. The molecule has 0 amide bonds. The third-order valence-corrected chi connectivity index (χ3v) is 1.71. The zero-order valence-electron chi connectivity index (χ0n) is 5.33. The van der Waals surface area contributed by atoms with Gasteiger partial charge in [0.15, 0.2) is 18.4 Å². The van der Waals surface area contributed by atoms with Crippen molar-refractivity contribution in [1.29, 1.82) is 0 Å². The zero-order chi connectivity index (χ0) is 6.10. The van der Waals surface area contributed by atoms with E-state index in [1.165, 1.54) is 12.8 Å². The molecule has 1 fully saturated rings. The van der Waals surface area contributed by atoms with Gasteiger partial charge in [-0.1, -0.05) is 6.07 Å². The van der Waals surface area contributed by atoms with Crippen LogP contribution in [0.3, 0.4) is 0 Å². The Morgan fingerprint density at radius 1 is 1.00 bits per heavy atom. The van der Waals surface area contributed by atoms with Gasteiger partial charge in [0, 0.05) is 25.0 Å². The summed E-state index contributed by atoms with van der Waals surface area (Å²) in [6.07, 6.45) is 7.01. The van der Waals surface area contributed by atoms with E-state index in [9.17, 15) is 0 Å². The lowest BCUT2D eigenvalue weighted by atomic mass is 10.5. The van der Waals surface area contributed by atoms with Crippen molar-refractivity contribution in [2.24, 2.45) is 0 Å². The van der Waals surface area contributed by atoms with Crippen molar-refractivity contribution in [3.05, 3.63) is 30.6 Å². The second kappa shape index (κ2) is 1.83. The van der Waals surface area contributed by atoms with Crippen LogP contribution in [-0.2, 0) is 0 Å². The van der Waals surface area contributed by atoms with Crippen molar-refractivity contribution >= 4 is 0 Å². The first-order valence-corrected chi connectivity index (χ1v) is 3.42. The predicted molar refractivity (Wildman–Crippen MR) is 34.9 cm³/mol. The topological polar surface area (TPSA) is 3.88 Å². The maximum absolute atomic E-state index is 2.28. The molecule has 0 aromatic carbocycles. The summed E-state index contributed by atoms with van der Waals surface area (Å²) < 4.78 is 2.28. The van der Waals surface area contributed by atoms with E-state index in [2.05, 4.69) is 35.2 Å². The SMILES string of the molecule is c1cc[n+](C2CC2)cc1. The standard InChI is InChI=1S/C8H10N/c1-2-6-9(7-3-1)8-4-5-8/h1-3,6-8H,4-5H2/q+1. The van der Waals surface area contributed by atoms with Crippen LogP contribution in [0.1, 0.15) is 18.9 Å². The summed E-state index contributed by atoms with van der Waals surface area (Å²) in [6, 6.07) is 7.04. The van der Waals surface area contributed by atoms with E-state index < -0.39 is 0 Å². The van der Waals surface area contributed by atoms with Crippen molar-refractivity contribution in [2.45, 2.75) is 18.9 Å². The molecular weight excluding hydrogens is 110 g/mol. The molecule has 0 saturated heterocycles. The molecule has 1 saturated carbocycles. The third-order valence-electron chi connectivity index (χ3n) is 1.71. The summed E-state index contributed by atoms with van der Waals surface area (Å²) in [5, 5.41) is 0. The van der Waals surface area contributed by atoms with Crippen molar-refractivity contribution in [1.82, 2.24) is 0 Å². The van der Waals surface area contributed by atoms with Crippen LogP contribution in [0.25, 0.3) is 0 Å². The average Bonchev–Trinajstić information content (AvgIpc) is 2.71. The summed E-state index contributed by atoms with van der Waals surface area (Å²) in [5.74, 6) is 0. The van der Waals surface area contributed by atoms with Crippen LogP contribution in [-0.4, -0.2) is 0 Å². The molecule has 9 heavy (non-hydrogen) atoms. The molecule has 0 radical (unpaired) electrons. The first-order chi connectivity index (χ1) is 4.47. The second-order valence-electron chi connectivity index (χ2n) is 2.55. The van der Waals surface area contributed by atoms with E-state index in [-0.39, 0.29) is 0 Å². The van der Waals surface area contributed by atoms with Gasteiger partial charge in [-0.25, -0.2) is 4.57 Å². The van der Waals surface area contributed by atoms with Gasteiger partial charge in [0.05, 0.1) is 0 Å². The van der Waals surface area contributed by atoms with E-state index in [4.69, 9.17) is 0 Å². The summed E-state index contributed by atoms with van der Waals surface area (Å²) in [4.78, 5) is 0. The Kier molecular flexibility index (Phi) is 1.01. The number of hydrogen-bond acceptors (Lipinski definition) is 0. The minimum atomic E-state index is 0.825. The summed E-state index contributed by atoms with van der Waals surface area (Å²) >= 11 is 0. The zero-order valence-corrected chi connectivity index (χ0v) is 5.33. The predicted octanol–water partition coefficient (Wildman–Crippen LogP) is 1.31. The molecular formula is C8H10N+. The summed E-state index contributed by atoms with van der Waals surface area (Å²) in [7, 11) is 0. The van der Waals surface area contributed by atoms with Gasteiger partial charge in [0.1, 0.15) is 0 Å². The maximum atomic E-state index is 2.28. The molecule has 46 valence electrons. The van der Waals surface area contributed by atoms with Gasteiger partial charge in [0.2, 0.25) is 0 Å². The highest BCUT2D eigenvalue weighted by Gasteiger charge is 2.30. The smallest absolute Gasteiger partial charge is 0.169 e. The monoisotopic (exact) mass is 120 g/mol. The average molecular weight is 120 g/mol. The highest BCUT2D eigenvalue weighted by Crippen LogP contribution is 2.28. The minimum Gasteiger partial charge on any atom is -0.202 e. The molecule has 0 bridgehead atoms. The normalized spacial score (nSPS) is 17.8. The second-order valence-corrected chi connectivity index (χ2v) is 2.55. The Bertz CT molecular complexity index is 189. The number of pyridine rings is 1. The van der Waals surface area contributed by atoms with Crippen LogP contribution in [0, 0.1) is 0 Å². The lowest BCUT2D eigenvalue weighted by Crippen LogP contribution is -2.30. The van der Waals surface area contributed by atoms with E-state index in [0.717, 1.165) is 6.04 Å². The first-order valence-electron chi connectivity index (χ1n) is 3.42. The quantitative estimate of drug-likeness (QED) is 0.492. The van der Waals surface area contributed by atoms with Gasteiger partial charge < -0.3 is 0 Å². The fourth-order valence-electron chi connectivity index (χ4n) is 1.03. The van der Waals surface area contributed by atoms with Gasteiger partial charge in [-0.15, -0.1) is 0 Å². The fraction of sp³-hybridized carbons (Fsp3) is 0.375. The first kappa shape index (κ1) is 4.98. The number of rotatable bonds is 1. The van der Waals surface area contributed by atoms with E-state index in [1.807, 2.05) is 0 Å². The third kappa shape index (κ3) is 0.947. The van der Waals surface area contributed by atoms with Crippen LogP contribution in [0.15, 0.2) is 30.6 Å². The largest absolute Gasteiger partial charge is 0.202 e. The molecule has 0 unspecified atom stereocenters. The van der Waals surface area contributed by atoms with Crippen molar-refractivity contribution in [2.75, 3.05) is 0 Å². The highest BCUT2D eigenvalue weighted by molar-refractivity contribution is 4.85. The molecule has 0 aliphatic heterocycles. The molecule has 0 spiro atoms.